The topological polar surface area (TPSA) is 54.8 Å². The highest BCUT2D eigenvalue weighted by atomic mass is 15.0. The Morgan fingerprint density at radius 1 is 1.20 bits per heavy atom. The molecule has 0 saturated carbocycles. The van der Waals surface area contributed by atoms with E-state index in [1.165, 1.54) is 11.8 Å². The largest absolute Gasteiger partial charge is 0.398 e. The number of aryl methyl sites for hydroxylation is 1. The first-order valence-corrected chi connectivity index (χ1v) is 6.62. The van der Waals surface area contributed by atoms with Crippen LogP contribution in [0.1, 0.15) is 16.7 Å². The van der Waals surface area contributed by atoms with Gasteiger partial charge in [0.15, 0.2) is 0 Å². The maximum Gasteiger partial charge on any atom is 0.0496 e. The summed E-state index contributed by atoms with van der Waals surface area (Å²) in [6.45, 7) is 2.82. The molecule has 3 rings (SSSR count). The Kier molecular flexibility index (Phi) is 3.03. The molecule has 0 radical (unpaired) electrons. The van der Waals surface area contributed by atoms with Gasteiger partial charge in [-0.1, -0.05) is 29.8 Å². The summed E-state index contributed by atoms with van der Waals surface area (Å²) in [5.74, 6) is 0. The zero-order valence-corrected chi connectivity index (χ0v) is 11.4. The van der Waals surface area contributed by atoms with E-state index in [1.807, 2.05) is 24.3 Å². The molecule has 0 fully saturated rings. The highest BCUT2D eigenvalue weighted by Gasteiger charge is 2.06. The SMILES string of the molecule is Cc1ccc(N)c(Cn2ccc3c(C=N)cccc32)c1. The molecule has 0 aliphatic heterocycles. The molecule has 3 aromatic rings. The molecular weight excluding hydrogens is 246 g/mol. The number of hydrogen-bond donors (Lipinski definition) is 2. The third-order valence-corrected chi connectivity index (χ3v) is 3.64. The van der Waals surface area contributed by atoms with Gasteiger partial charge >= 0.3 is 0 Å². The van der Waals surface area contributed by atoms with Crippen LogP contribution in [0.2, 0.25) is 0 Å². The number of rotatable bonds is 3. The molecule has 2 aromatic carbocycles. The molecule has 3 nitrogen and oxygen atoms in total. The quantitative estimate of drug-likeness (QED) is 0.551. The Morgan fingerprint density at radius 2 is 2.05 bits per heavy atom. The van der Waals surface area contributed by atoms with Crippen molar-refractivity contribution in [1.29, 1.82) is 5.41 Å². The minimum absolute atomic E-state index is 0.748. The Bertz CT molecular complexity index is 784. The Morgan fingerprint density at radius 3 is 2.85 bits per heavy atom. The van der Waals surface area contributed by atoms with Crippen molar-refractivity contribution in [3.05, 3.63) is 65.4 Å². The molecule has 0 amide bonds. The fraction of sp³-hybridized carbons (Fsp3) is 0.118. The number of nitrogens with two attached hydrogens (primary N) is 1. The zero-order chi connectivity index (χ0) is 14.1. The van der Waals surface area contributed by atoms with E-state index in [2.05, 4.69) is 35.9 Å². The first kappa shape index (κ1) is 12.5. The second kappa shape index (κ2) is 4.85. The van der Waals surface area contributed by atoms with Gasteiger partial charge in [0.05, 0.1) is 0 Å². The molecule has 0 saturated heterocycles. The Balaban J connectivity index is 2.07. The van der Waals surface area contributed by atoms with Crippen molar-refractivity contribution in [2.24, 2.45) is 0 Å². The van der Waals surface area contributed by atoms with Crippen molar-refractivity contribution >= 4 is 22.8 Å². The highest BCUT2D eigenvalue weighted by molar-refractivity contribution is 5.97. The number of hydrogen-bond acceptors (Lipinski definition) is 2. The third kappa shape index (κ3) is 2.07. The lowest BCUT2D eigenvalue weighted by Crippen LogP contribution is -2.02. The van der Waals surface area contributed by atoms with Crippen LogP contribution < -0.4 is 5.73 Å². The van der Waals surface area contributed by atoms with Crippen molar-refractivity contribution in [3.8, 4) is 0 Å². The van der Waals surface area contributed by atoms with Gasteiger partial charge in [-0.2, -0.15) is 0 Å². The Hall–Kier alpha value is -2.55. The highest BCUT2D eigenvalue weighted by Crippen LogP contribution is 2.22. The third-order valence-electron chi connectivity index (χ3n) is 3.64. The lowest BCUT2D eigenvalue weighted by Gasteiger charge is -2.10. The van der Waals surface area contributed by atoms with Crippen LogP contribution in [0.15, 0.2) is 48.7 Å². The van der Waals surface area contributed by atoms with Gasteiger partial charge in [-0.05, 0) is 30.7 Å². The normalized spacial score (nSPS) is 10.8. The summed E-state index contributed by atoms with van der Waals surface area (Å²) in [6.07, 6.45) is 3.45. The summed E-state index contributed by atoms with van der Waals surface area (Å²) in [4.78, 5) is 0. The predicted molar refractivity (Wildman–Crippen MR) is 84.5 cm³/mol. The number of fused-ring (bicyclic) bond motifs is 1. The minimum Gasteiger partial charge on any atom is -0.398 e. The van der Waals surface area contributed by atoms with E-state index >= 15 is 0 Å². The van der Waals surface area contributed by atoms with Gasteiger partial charge in [0, 0.05) is 41.1 Å². The van der Waals surface area contributed by atoms with Crippen LogP contribution in [-0.2, 0) is 6.54 Å². The average molecular weight is 263 g/mol. The maximum atomic E-state index is 7.46. The smallest absolute Gasteiger partial charge is 0.0496 e. The molecule has 0 spiro atoms. The molecule has 20 heavy (non-hydrogen) atoms. The number of anilines is 1. The second-order valence-corrected chi connectivity index (χ2v) is 5.07. The summed E-state index contributed by atoms with van der Waals surface area (Å²) >= 11 is 0. The van der Waals surface area contributed by atoms with Crippen molar-refractivity contribution in [3.63, 3.8) is 0 Å². The van der Waals surface area contributed by atoms with Gasteiger partial charge in [-0.3, -0.25) is 0 Å². The molecule has 1 heterocycles. The van der Waals surface area contributed by atoms with E-state index in [4.69, 9.17) is 11.1 Å². The van der Waals surface area contributed by atoms with Gasteiger partial charge in [0.2, 0.25) is 0 Å². The van der Waals surface area contributed by atoms with Crippen molar-refractivity contribution in [1.82, 2.24) is 4.57 Å². The minimum atomic E-state index is 0.748. The van der Waals surface area contributed by atoms with Crippen molar-refractivity contribution in [2.45, 2.75) is 13.5 Å². The van der Waals surface area contributed by atoms with Crippen LogP contribution in [-0.4, -0.2) is 10.8 Å². The number of nitrogens with zero attached hydrogens (tertiary/aromatic N) is 1. The summed E-state index contributed by atoms with van der Waals surface area (Å²) in [6, 6.07) is 14.2. The fourth-order valence-corrected chi connectivity index (χ4v) is 2.57. The molecule has 0 bridgehead atoms. The van der Waals surface area contributed by atoms with Crippen LogP contribution >= 0.6 is 0 Å². The molecule has 1 aromatic heterocycles. The fourth-order valence-electron chi connectivity index (χ4n) is 2.57. The standard InChI is InChI=1S/C17H17N3/c1-12-5-6-16(19)14(9-12)11-20-8-7-15-13(10-18)3-2-4-17(15)20/h2-10,18H,11,19H2,1H3. The van der Waals surface area contributed by atoms with Crippen LogP contribution in [0.4, 0.5) is 5.69 Å². The van der Waals surface area contributed by atoms with E-state index in [-0.39, 0.29) is 0 Å². The summed E-state index contributed by atoms with van der Waals surface area (Å²) < 4.78 is 2.17. The van der Waals surface area contributed by atoms with Gasteiger partial charge in [-0.25, -0.2) is 0 Å². The summed E-state index contributed by atoms with van der Waals surface area (Å²) in [5, 5.41) is 8.57. The molecular formula is C17H17N3. The molecule has 0 aliphatic carbocycles. The molecule has 0 unspecified atom stereocenters. The number of nitrogens with one attached hydrogen (secondary N) is 1. The van der Waals surface area contributed by atoms with Crippen LogP contribution in [0.25, 0.3) is 10.9 Å². The van der Waals surface area contributed by atoms with E-state index < -0.39 is 0 Å². The maximum absolute atomic E-state index is 7.46. The predicted octanol–water partition coefficient (Wildman–Crippen LogP) is 3.58. The lowest BCUT2D eigenvalue weighted by molar-refractivity contribution is 0.838. The van der Waals surface area contributed by atoms with Crippen LogP contribution in [0, 0.1) is 12.3 Å². The molecule has 3 heteroatoms. The van der Waals surface area contributed by atoms with Crippen molar-refractivity contribution in [2.75, 3.05) is 5.73 Å². The molecule has 100 valence electrons. The van der Waals surface area contributed by atoms with E-state index in [0.29, 0.717) is 0 Å². The first-order chi connectivity index (χ1) is 9.69. The molecule has 3 N–H and O–H groups in total. The molecule has 0 aliphatic rings. The Labute approximate surface area is 118 Å². The number of benzene rings is 2. The van der Waals surface area contributed by atoms with Crippen molar-refractivity contribution < 1.29 is 0 Å². The van der Waals surface area contributed by atoms with Gasteiger partial charge < -0.3 is 15.7 Å². The zero-order valence-electron chi connectivity index (χ0n) is 11.4. The van der Waals surface area contributed by atoms with Gasteiger partial charge in [-0.15, -0.1) is 0 Å². The summed E-state index contributed by atoms with van der Waals surface area (Å²) in [7, 11) is 0. The number of aromatic nitrogens is 1. The lowest BCUT2D eigenvalue weighted by atomic mass is 10.1. The van der Waals surface area contributed by atoms with E-state index in [9.17, 15) is 0 Å². The van der Waals surface area contributed by atoms with Crippen LogP contribution in [0.5, 0.6) is 0 Å². The van der Waals surface area contributed by atoms with E-state index in [1.54, 1.807) is 0 Å². The van der Waals surface area contributed by atoms with E-state index in [0.717, 1.165) is 34.3 Å². The van der Waals surface area contributed by atoms with Gasteiger partial charge in [0.25, 0.3) is 0 Å². The van der Waals surface area contributed by atoms with Gasteiger partial charge in [0.1, 0.15) is 0 Å². The monoisotopic (exact) mass is 263 g/mol. The second-order valence-electron chi connectivity index (χ2n) is 5.07. The first-order valence-electron chi connectivity index (χ1n) is 6.62. The summed E-state index contributed by atoms with van der Waals surface area (Å²) in [5.41, 5.74) is 11.3. The average Bonchev–Trinajstić information content (AvgIpc) is 2.86. The van der Waals surface area contributed by atoms with Crippen LogP contribution in [0.3, 0.4) is 0 Å². The number of nitrogen functional groups attached to an aromatic ring is 1. The molecule has 0 atom stereocenters.